The topological polar surface area (TPSA) is 47.0 Å². The number of halogens is 1. The van der Waals surface area contributed by atoms with Crippen LogP contribution in [0.5, 0.6) is 5.75 Å². The van der Waals surface area contributed by atoms with Crippen LogP contribution in [-0.2, 0) is 0 Å². The predicted molar refractivity (Wildman–Crippen MR) is 116 cm³/mol. The zero-order valence-electron chi connectivity index (χ0n) is 16.0. The van der Waals surface area contributed by atoms with Crippen molar-refractivity contribution < 1.29 is 4.74 Å². The van der Waals surface area contributed by atoms with Gasteiger partial charge in [0, 0.05) is 27.0 Å². The molecule has 1 N–H and O–H groups in total. The van der Waals surface area contributed by atoms with Crippen molar-refractivity contribution in [2.24, 2.45) is 0 Å². The third-order valence-corrected chi connectivity index (χ3v) is 5.08. The Kier molecular flexibility index (Phi) is 4.88. The van der Waals surface area contributed by atoms with Crippen molar-refractivity contribution in [2.45, 2.75) is 13.8 Å². The van der Waals surface area contributed by atoms with E-state index >= 15 is 0 Å². The van der Waals surface area contributed by atoms with E-state index in [1.165, 1.54) is 11.1 Å². The molecular formula is C23H20ClN3O. The van der Waals surface area contributed by atoms with Gasteiger partial charge in [0.25, 0.3) is 0 Å². The molecule has 0 aliphatic carbocycles. The number of nitrogens with one attached hydrogen (secondary N) is 1. The molecule has 0 spiro atoms. The summed E-state index contributed by atoms with van der Waals surface area (Å²) in [5, 5.41) is 15.1. The van der Waals surface area contributed by atoms with Crippen molar-refractivity contribution in [1.29, 1.82) is 0 Å². The first kappa shape index (κ1) is 18.3. The second kappa shape index (κ2) is 7.49. The van der Waals surface area contributed by atoms with Crippen LogP contribution in [0, 0.1) is 13.8 Å². The Morgan fingerprint density at radius 1 is 0.857 bits per heavy atom. The fraction of sp³-hybridized carbons (Fsp3) is 0.130. The number of hydrogen-bond acceptors (Lipinski definition) is 4. The summed E-state index contributed by atoms with van der Waals surface area (Å²) in [6.45, 7) is 4.21. The molecule has 1 heterocycles. The lowest BCUT2D eigenvalue weighted by molar-refractivity contribution is 0.415. The Bertz CT molecular complexity index is 1160. The van der Waals surface area contributed by atoms with Crippen molar-refractivity contribution in [2.75, 3.05) is 12.4 Å². The molecule has 28 heavy (non-hydrogen) atoms. The van der Waals surface area contributed by atoms with Crippen molar-refractivity contribution in [3.63, 3.8) is 0 Å². The molecule has 0 unspecified atom stereocenters. The van der Waals surface area contributed by atoms with Crippen LogP contribution < -0.4 is 10.1 Å². The van der Waals surface area contributed by atoms with Crippen molar-refractivity contribution in [3.8, 4) is 17.0 Å². The van der Waals surface area contributed by atoms with E-state index in [4.69, 9.17) is 16.3 Å². The number of anilines is 2. The quantitative estimate of drug-likeness (QED) is 0.443. The van der Waals surface area contributed by atoms with Crippen LogP contribution in [0.25, 0.3) is 22.0 Å². The maximum Gasteiger partial charge on any atom is 0.161 e. The fourth-order valence-corrected chi connectivity index (χ4v) is 3.36. The van der Waals surface area contributed by atoms with E-state index in [1.54, 1.807) is 7.11 Å². The lowest BCUT2D eigenvalue weighted by atomic mass is 9.99. The Morgan fingerprint density at radius 3 is 2.25 bits per heavy atom. The first-order chi connectivity index (χ1) is 13.5. The first-order valence-electron chi connectivity index (χ1n) is 9.00. The van der Waals surface area contributed by atoms with Crippen LogP contribution in [0.4, 0.5) is 11.5 Å². The molecule has 0 amide bonds. The molecule has 0 aliphatic rings. The van der Waals surface area contributed by atoms with E-state index in [0.717, 1.165) is 33.5 Å². The molecular weight excluding hydrogens is 370 g/mol. The van der Waals surface area contributed by atoms with Gasteiger partial charge in [0.1, 0.15) is 11.4 Å². The highest BCUT2D eigenvalue weighted by Crippen LogP contribution is 2.34. The largest absolute Gasteiger partial charge is 0.497 e. The Balaban J connectivity index is 1.87. The molecule has 1 aromatic heterocycles. The normalized spacial score (nSPS) is 10.9. The number of rotatable bonds is 4. The molecule has 0 atom stereocenters. The molecule has 0 aliphatic heterocycles. The van der Waals surface area contributed by atoms with E-state index in [1.807, 2.05) is 48.5 Å². The first-order valence-corrected chi connectivity index (χ1v) is 9.37. The highest BCUT2D eigenvalue weighted by Gasteiger charge is 2.13. The van der Waals surface area contributed by atoms with Gasteiger partial charge in [0.2, 0.25) is 0 Å². The summed E-state index contributed by atoms with van der Waals surface area (Å²) < 4.78 is 5.27. The number of aryl methyl sites for hydroxylation is 2. The molecule has 4 rings (SSSR count). The number of benzene rings is 3. The third kappa shape index (κ3) is 3.51. The van der Waals surface area contributed by atoms with Crippen molar-refractivity contribution in [1.82, 2.24) is 10.2 Å². The molecule has 5 heteroatoms. The van der Waals surface area contributed by atoms with Gasteiger partial charge in [-0.15, -0.1) is 10.2 Å². The highest BCUT2D eigenvalue weighted by atomic mass is 35.5. The standard InChI is InChI=1S/C23H20ClN3O/c1-14-11-20-21(12-15(14)2)23(25-18-6-4-5-17(24)13-18)27-26-22(20)16-7-9-19(28-3)10-8-16/h4-13H,1-3H3,(H,25,27). The summed E-state index contributed by atoms with van der Waals surface area (Å²) in [5.41, 5.74) is 5.13. The zero-order valence-corrected chi connectivity index (χ0v) is 16.7. The number of fused-ring (bicyclic) bond motifs is 1. The summed E-state index contributed by atoms with van der Waals surface area (Å²) in [6, 6.07) is 19.8. The van der Waals surface area contributed by atoms with Gasteiger partial charge in [-0.25, -0.2) is 0 Å². The van der Waals surface area contributed by atoms with Crippen LogP contribution in [0.15, 0.2) is 60.7 Å². The van der Waals surface area contributed by atoms with E-state index < -0.39 is 0 Å². The minimum absolute atomic E-state index is 0.671. The number of ether oxygens (including phenoxy) is 1. The molecule has 4 nitrogen and oxygen atoms in total. The predicted octanol–water partition coefficient (Wildman–Crippen LogP) is 6.32. The number of methoxy groups -OCH3 is 1. The van der Waals surface area contributed by atoms with E-state index in [-0.39, 0.29) is 0 Å². The molecule has 0 saturated heterocycles. The van der Waals surface area contributed by atoms with Gasteiger partial charge >= 0.3 is 0 Å². The Hall–Kier alpha value is -3.11. The van der Waals surface area contributed by atoms with Gasteiger partial charge in [-0.1, -0.05) is 17.7 Å². The van der Waals surface area contributed by atoms with Crippen molar-refractivity contribution in [3.05, 3.63) is 76.8 Å². The maximum absolute atomic E-state index is 6.12. The van der Waals surface area contributed by atoms with E-state index in [9.17, 15) is 0 Å². The van der Waals surface area contributed by atoms with Crippen LogP contribution in [0.3, 0.4) is 0 Å². The molecule has 140 valence electrons. The van der Waals surface area contributed by atoms with Crippen LogP contribution >= 0.6 is 11.6 Å². The maximum atomic E-state index is 6.12. The zero-order chi connectivity index (χ0) is 19.7. The van der Waals surface area contributed by atoms with Crippen LogP contribution in [-0.4, -0.2) is 17.3 Å². The van der Waals surface area contributed by atoms with Gasteiger partial charge in [-0.3, -0.25) is 0 Å². The average Bonchev–Trinajstić information content (AvgIpc) is 2.70. The van der Waals surface area contributed by atoms with Gasteiger partial charge < -0.3 is 10.1 Å². The number of hydrogen-bond donors (Lipinski definition) is 1. The SMILES string of the molecule is COc1ccc(-c2nnc(Nc3cccc(Cl)c3)c3cc(C)c(C)cc23)cc1. The summed E-state index contributed by atoms with van der Waals surface area (Å²) >= 11 is 6.12. The third-order valence-electron chi connectivity index (χ3n) is 4.84. The highest BCUT2D eigenvalue weighted by molar-refractivity contribution is 6.30. The average molecular weight is 390 g/mol. The summed E-state index contributed by atoms with van der Waals surface area (Å²) in [4.78, 5) is 0. The minimum Gasteiger partial charge on any atom is -0.497 e. The smallest absolute Gasteiger partial charge is 0.161 e. The molecule has 0 radical (unpaired) electrons. The lowest BCUT2D eigenvalue weighted by Crippen LogP contribution is -2.00. The Morgan fingerprint density at radius 2 is 1.57 bits per heavy atom. The van der Waals surface area contributed by atoms with Gasteiger partial charge in [0.15, 0.2) is 5.82 Å². The van der Waals surface area contributed by atoms with Gasteiger partial charge in [-0.05, 0) is 79.6 Å². The Labute approximate surface area is 169 Å². The number of aromatic nitrogens is 2. The lowest BCUT2D eigenvalue weighted by Gasteiger charge is -2.14. The second-order valence-electron chi connectivity index (χ2n) is 6.74. The monoisotopic (exact) mass is 389 g/mol. The van der Waals surface area contributed by atoms with Crippen molar-refractivity contribution >= 4 is 33.9 Å². The molecule has 0 saturated carbocycles. The molecule has 3 aromatic carbocycles. The van der Waals surface area contributed by atoms with Crippen LogP contribution in [0.1, 0.15) is 11.1 Å². The van der Waals surface area contributed by atoms with E-state index in [0.29, 0.717) is 10.8 Å². The van der Waals surface area contributed by atoms with E-state index in [2.05, 4.69) is 41.5 Å². The minimum atomic E-state index is 0.671. The molecule has 0 bridgehead atoms. The second-order valence-corrected chi connectivity index (χ2v) is 7.18. The molecule has 4 aromatic rings. The van der Waals surface area contributed by atoms with Gasteiger partial charge in [0.05, 0.1) is 7.11 Å². The summed E-state index contributed by atoms with van der Waals surface area (Å²) in [6.07, 6.45) is 0. The summed E-state index contributed by atoms with van der Waals surface area (Å²) in [7, 11) is 1.66. The summed E-state index contributed by atoms with van der Waals surface area (Å²) in [5.74, 6) is 1.52. The molecule has 0 fully saturated rings. The number of nitrogens with zero attached hydrogens (tertiary/aromatic N) is 2. The van der Waals surface area contributed by atoms with Gasteiger partial charge in [-0.2, -0.15) is 0 Å². The fourth-order valence-electron chi connectivity index (χ4n) is 3.17. The van der Waals surface area contributed by atoms with Crippen LogP contribution in [0.2, 0.25) is 5.02 Å².